The average molecular weight is 389 g/mol. The molecule has 0 aliphatic carbocycles. The van der Waals surface area contributed by atoms with Gasteiger partial charge in [0.2, 0.25) is 5.54 Å². The van der Waals surface area contributed by atoms with Gasteiger partial charge in [-0.1, -0.05) is 44.0 Å². The molecule has 0 spiro atoms. The van der Waals surface area contributed by atoms with Crippen molar-refractivity contribution in [2.75, 3.05) is 13.2 Å². The van der Waals surface area contributed by atoms with E-state index in [1.165, 1.54) is 0 Å². The summed E-state index contributed by atoms with van der Waals surface area (Å²) in [6.07, 6.45) is 3.09. The fraction of sp³-hybridized carbons (Fsp3) is 0.591. The number of nitrogens with one attached hydrogen (secondary N) is 1. The highest BCUT2D eigenvalue weighted by Gasteiger charge is 2.64. The lowest BCUT2D eigenvalue weighted by Crippen LogP contribution is -2.60. The van der Waals surface area contributed by atoms with Crippen molar-refractivity contribution in [3.05, 3.63) is 35.4 Å². The standard InChI is InChI=1S/C22H31NO5/c1-5-8-13-18-17(14-24)19(16-12-10-9-11-15(16)4)23-22(18,20(25)27-6-2)21(26)28-7-3/h9-12,14,17-19,23H,5-8,13H2,1-4H3/t17-,18-,19-/m1/s1. The van der Waals surface area contributed by atoms with Gasteiger partial charge < -0.3 is 14.3 Å². The second-order valence-electron chi connectivity index (χ2n) is 7.19. The number of rotatable bonds is 9. The molecular formula is C22H31NO5. The van der Waals surface area contributed by atoms with Gasteiger partial charge in [0, 0.05) is 17.9 Å². The van der Waals surface area contributed by atoms with Gasteiger partial charge in [-0.3, -0.25) is 5.32 Å². The number of benzene rings is 1. The molecule has 2 rings (SSSR count). The summed E-state index contributed by atoms with van der Waals surface area (Å²) in [6.45, 7) is 7.67. The minimum Gasteiger partial charge on any atom is -0.464 e. The Morgan fingerprint density at radius 2 is 1.71 bits per heavy atom. The second-order valence-corrected chi connectivity index (χ2v) is 7.19. The second kappa shape index (κ2) is 9.82. The van der Waals surface area contributed by atoms with Gasteiger partial charge in [0.05, 0.1) is 13.2 Å². The summed E-state index contributed by atoms with van der Waals surface area (Å²) < 4.78 is 10.6. The van der Waals surface area contributed by atoms with E-state index < -0.39 is 35.4 Å². The molecule has 1 fully saturated rings. The molecule has 28 heavy (non-hydrogen) atoms. The lowest BCUT2D eigenvalue weighted by molar-refractivity contribution is -0.168. The molecule has 0 radical (unpaired) electrons. The van der Waals surface area contributed by atoms with E-state index in [0.717, 1.165) is 30.3 Å². The summed E-state index contributed by atoms with van der Waals surface area (Å²) in [6, 6.07) is 7.22. The Morgan fingerprint density at radius 3 is 2.21 bits per heavy atom. The average Bonchev–Trinajstić information content (AvgIpc) is 3.02. The maximum absolute atomic E-state index is 13.1. The van der Waals surface area contributed by atoms with Crippen LogP contribution in [-0.2, 0) is 23.9 Å². The van der Waals surface area contributed by atoms with E-state index in [-0.39, 0.29) is 13.2 Å². The Labute approximate surface area is 167 Å². The lowest BCUT2D eigenvalue weighted by Gasteiger charge is -2.31. The van der Waals surface area contributed by atoms with Crippen molar-refractivity contribution in [3.63, 3.8) is 0 Å². The molecule has 1 N–H and O–H groups in total. The largest absolute Gasteiger partial charge is 0.464 e. The molecule has 154 valence electrons. The smallest absolute Gasteiger partial charge is 0.338 e. The third-order valence-electron chi connectivity index (χ3n) is 5.53. The van der Waals surface area contributed by atoms with E-state index in [9.17, 15) is 14.4 Å². The fourth-order valence-corrected chi connectivity index (χ4v) is 4.19. The molecule has 6 nitrogen and oxygen atoms in total. The number of aldehydes is 1. The molecule has 0 unspecified atom stereocenters. The maximum atomic E-state index is 13.1. The van der Waals surface area contributed by atoms with E-state index in [4.69, 9.17) is 9.47 Å². The molecular weight excluding hydrogens is 358 g/mol. The number of carbonyl (C=O) groups excluding carboxylic acids is 3. The number of ether oxygens (including phenoxy) is 2. The van der Waals surface area contributed by atoms with Crippen LogP contribution in [0.2, 0.25) is 0 Å². The summed E-state index contributed by atoms with van der Waals surface area (Å²) in [5, 5.41) is 3.21. The molecule has 1 aromatic carbocycles. The number of hydrogen-bond acceptors (Lipinski definition) is 6. The zero-order chi connectivity index (χ0) is 20.7. The van der Waals surface area contributed by atoms with Crippen LogP contribution in [0.1, 0.15) is 57.2 Å². The molecule has 1 aliphatic heterocycles. The molecule has 1 heterocycles. The lowest BCUT2D eigenvalue weighted by atomic mass is 9.75. The molecule has 1 aromatic rings. The Balaban J connectivity index is 2.61. The molecule has 0 aromatic heterocycles. The van der Waals surface area contributed by atoms with Crippen molar-refractivity contribution < 1.29 is 23.9 Å². The fourth-order valence-electron chi connectivity index (χ4n) is 4.19. The molecule has 3 atom stereocenters. The first-order valence-electron chi connectivity index (χ1n) is 10.1. The van der Waals surface area contributed by atoms with E-state index >= 15 is 0 Å². The highest BCUT2D eigenvalue weighted by molar-refractivity contribution is 6.06. The van der Waals surface area contributed by atoms with Crippen molar-refractivity contribution in [3.8, 4) is 0 Å². The van der Waals surface area contributed by atoms with Gasteiger partial charge in [0.15, 0.2) is 0 Å². The topological polar surface area (TPSA) is 81.7 Å². The van der Waals surface area contributed by atoms with Gasteiger partial charge in [0.25, 0.3) is 0 Å². The van der Waals surface area contributed by atoms with Crippen LogP contribution in [0.3, 0.4) is 0 Å². The van der Waals surface area contributed by atoms with Crippen molar-refractivity contribution in [1.82, 2.24) is 5.32 Å². The first kappa shape index (κ1) is 22.1. The van der Waals surface area contributed by atoms with Gasteiger partial charge >= 0.3 is 11.9 Å². The van der Waals surface area contributed by atoms with Gasteiger partial charge in [0.1, 0.15) is 6.29 Å². The summed E-state index contributed by atoms with van der Waals surface area (Å²) in [7, 11) is 0. The normalized spacial score (nSPS) is 23.2. The summed E-state index contributed by atoms with van der Waals surface area (Å²) in [5.74, 6) is -2.41. The van der Waals surface area contributed by atoms with Crippen LogP contribution >= 0.6 is 0 Å². The van der Waals surface area contributed by atoms with E-state index in [0.29, 0.717) is 6.42 Å². The van der Waals surface area contributed by atoms with Gasteiger partial charge in [-0.25, -0.2) is 9.59 Å². The van der Waals surface area contributed by atoms with Crippen molar-refractivity contribution >= 4 is 18.2 Å². The van der Waals surface area contributed by atoms with Crippen LogP contribution in [0.5, 0.6) is 0 Å². The van der Waals surface area contributed by atoms with Crippen LogP contribution in [0, 0.1) is 18.8 Å². The van der Waals surface area contributed by atoms with E-state index in [1.54, 1.807) is 13.8 Å². The zero-order valence-corrected chi connectivity index (χ0v) is 17.2. The molecule has 0 saturated carbocycles. The highest BCUT2D eigenvalue weighted by Crippen LogP contribution is 2.46. The number of carbonyl (C=O) groups is 3. The van der Waals surface area contributed by atoms with Crippen molar-refractivity contribution in [1.29, 1.82) is 0 Å². The van der Waals surface area contributed by atoms with E-state index in [1.807, 2.05) is 38.1 Å². The van der Waals surface area contributed by atoms with Crippen LogP contribution in [-0.4, -0.2) is 37.0 Å². The number of hydrogen-bond donors (Lipinski definition) is 1. The third-order valence-corrected chi connectivity index (χ3v) is 5.53. The minimum atomic E-state index is -1.68. The zero-order valence-electron chi connectivity index (χ0n) is 17.2. The Hall–Kier alpha value is -2.21. The number of esters is 2. The van der Waals surface area contributed by atoms with Gasteiger partial charge in [-0.15, -0.1) is 0 Å². The first-order chi connectivity index (χ1) is 13.5. The molecule has 0 amide bonds. The van der Waals surface area contributed by atoms with Crippen molar-refractivity contribution in [2.24, 2.45) is 11.8 Å². The van der Waals surface area contributed by atoms with Crippen molar-refractivity contribution in [2.45, 2.75) is 58.5 Å². The monoisotopic (exact) mass is 389 g/mol. The SMILES string of the molecule is CCCC[C@@H]1[C@@H](C=O)[C@@H](c2ccccc2C)NC1(C(=O)OCC)C(=O)OCC. The van der Waals surface area contributed by atoms with Gasteiger partial charge in [-0.05, 0) is 38.3 Å². The van der Waals surface area contributed by atoms with E-state index in [2.05, 4.69) is 5.32 Å². The molecule has 1 saturated heterocycles. The maximum Gasteiger partial charge on any atom is 0.338 e. The first-order valence-corrected chi connectivity index (χ1v) is 10.1. The summed E-state index contributed by atoms with van der Waals surface area (Å²) >= 11 is 0. The Bertz CT molecular complexity index is 684. The minimum absolute atomic E-state index is 0.142. The number of aryl methyl sites for hydroxylation is 1. The predicted molar refractivity (Wildman–Crippen MR) is 106 cm³/mol. The third kappa shape index (κ3) is 3.97. The summed E-state index contributed by atoms with van der Waals surface area (Å²) in [5.41, 5.74) is 0.209. The quantitative estimate of drug-likeness (QED) is 0.397. The van der Waals surface area contributed by atoms with Gasteiger partial charge in [-0.2, -0.15) is 0 Å². The predicted octanol–water partition coefficient (Wildman–Crippen LogP) is 3.13. The molecule has 1 aliphatic rings. The Kier molecular flexibility index (Phi) is 7.75. The number of unbranched alkanes of at least 4 members (excludes halogenated alkanes) is 1. The molecule has 0 bridgehead atoms. The van der Waals surface area contributed by atoms with Crippen LogP contribution < -0.4 is 5.32 Å². The van der Waals surface area contributed by atoms with Crippen LogP contribution in [0.4, 0.5) is 0 Å². The van der Waals surface area contributed by atoms with Crippen LogP contribution in [0.25, 0.3) is 0 Å². The Morgan fingerprint density at radius 1 is 1.11 bits per heavy atom. The highest BCUT2D eigenvalue weighted by atomic mass is 16.6. The summed E-state index contributed by atoms with van der Waals surface area (Å²) in [4.78, 5) is 38.3. The molecule has 6 heteroatoms. The van der Waals surface area contributed by atoms with Crippen LogP contribution in [0.15, 0.2) is 24.3 Å².